The van der Waals surface area contributed by atoms with Gasteiger partial charge in [-0.1, -0.05) is 29.8 Å². The first-order valence-corrected chi connectivity index (χ1v) is 8.31. The average molecular weight is 344 g/mol. The van der Waals surface area contributed by atoms with Crippen LogP contribution in [0.1, 0.15) is 18.5 Å². The van der Waals surface area contributed by atoms with Crippen LogP contribution in [0.5, 0.6) is 5.75 Å². The molecule has 0 fully saturated rings. The molecule has 2 aromatic carbocycles. The Labute approximate surface area is 133 Å². The van der Waals surface area contributed by atoms with Crippen molar-refractivity contribution in [1.82, 2.24) is 4.72 Å². The van der Waals surface area contributed by atoms with Crippen molar-refractivity contribution in [2.45, 2.75) is 17.9 Å². The van der Waals surface area contributed by atoms with Crippen LogP contribution in [0.2, 0.25) is 5.02 Å². The monoisotopic (exact) mass is 343 g/mol. The first-order chi connectivity index (χ1) is 10.3. The molecule has 2 rings (SSSR count). The molecule has 0 aliphatic carbocycles. The fourth-order valence-corrected chi connectivity index (χ4v) is 3.53. The fourth-order valence-electron chi connectivity index (χ4n) is 2.03. The van der Waals surface area contributed by atoms with E-state index in [4.69, 9.17) is 16.3 Å². The molecule has 0 radical (unpaired) electrons. The van der Waals surface area contributed by atoms with Gasteiger partial charge in [-0.2, -0.15) is 0 Å². The Hall–Kier alpha value is -1.63. The number of ether oxygens (including phenoxy) is 1. The van der Waals surface area contributed by atoms with E-state index in [1.807, 2.05) is 0 Å². The Kier molecular flexibility index (Phi) is 5.05. The number of rotatable bonds is 5. The maximum Gasteiger partial charge on any atom is 0.241 e. The lowest BCUT2D eigenvalue weighted by atomic mass is 10.1. The van der Waals surface area contributed by atoms with E-state index < -0.39 is 21.9 Å². The van der Waals surface area contributed by atoms with E-state index in [2.05, 4.69) is 4.72 Å². The summed E-state index contributed by atoms with van der Waals surface area (Å²) in [4.78, 5) is -0.0966. The van der Waals surface area contributed by atoms with E-state index >= 15 is 0 Å². The van der Waals surface area contributed by atoms with Gasteiger partial charge in [-0.3, -0.25) is 0 Å². The van der Waals surface area contributed by atoms with Crippen LogP contribution in [0.3, 0.4) is 0 Å². The zero-order chi connectivity index (χ0) is 16.3. The normalized spacial score (nSPS) is 12.9. The molecule has 1 N–H and O–H groups in total. The van der Waals surface area contributed by atoms with Crippen LogP contribution in [-0.2, 0) is 10.0 Å². The van der Waals surface area contributed by atoms with Crippen molar-refractivity contribution in [2.75, 3.05) is 7.11 Å². The summed E-state index contributed by atoms with van der Waals surface area (Å²) < 4.78 is 45.6. The van der Waals surface area contributed by atoms with E-state index in [1.165, 1.54) is 13.2 Å². The molecule has 0 spiro atoms. The third kappa shape index (κ3) is 3.58. The van der Waals surface area contributed by atoms with Gasteiger partial charge in [-0.15, -0.1) is 0 Å². The van der Waals surface area contributed by atoms with E-state index in [-0.39, 0.29) is 9.92 Å². The van der Waals surface area contributed by atoms with E-state index in [0.717, 1.165) is 12.1 Å². The van der Waals surface area contributed by atoms with Crippen LogP contribution in [0.4, 0.5) is 4.39 Å². The molecule has 2 aromatic rings. The van der Waals surface area contributed by atoms with Gasteiger partial charge in [0.1, 0.15) is 11.6 Å². The smallest absolute Gasteiger partial charge is 0.241 e. The quantitative estimate of drug-likeness (QED) is 0.903. The number of methoxy groups -OCH3 is 1. The summed E-state index contributed by atoms with van der Waals surface area (Å²) in [6, 6.07) is 9.83. The molecule has 0 aliphatic rings. The topological polar surface area (TPSA) is 55.4 Å². The molecule has 0 aromatic heterocycles. The standard InChI is InChI=1S/C15H15ClFNO3S/c1-10(12-5-3-4-6-15(12)21-2)18-22(19,20)11-7-8-14(17)13(16)9-11/h3-10,18H,1-2H3/t10-/m1/s1. The summed E-state index contributed by atoms with van der Waals surface area (Å²) in [5.41, 5.74) is 0.696. The number of hydrogen-bond donors (Lipinski definition) is 1. The van der Waals surface area contributed by atoms with E-state index in [1.54, 1.807) is 31.2 Å². The van der Waals surface area contributed by atoms with Crippen LogP contribution in [-0.4, -0.2) is 15.5 Å². The maximum absolute atomic E-state index is 13.1. The summed E-state index contributed by atoms with van der Waals surface area (Å²) in [6.45, 7) is 1.69. The van der Waals surface area contributed by atoms with Crippen molar-refractivity contribution >= 4 is 21.6 Å². The highest BCUT2D eigenvalue weighted by Gasteiger charge is 2.21. The van der Waals surface area contributed by atoms with Crippen LogP contribution in [0.15, 0.2) is 47.4 Å². The highest BCUT2D eigenvalue weighted by molar-refractivity contribution is 7.89. The number of para-hydroxylation sites is 1. The second-order valence-electron chi connectivity index (χ2n) is 4.66. The van der Waals surface area contributed by atoms with Crippen molar-refractivity contribution in [3.63, 3.8) is 0 Å². The van der Waals surface area contributed by atoms with Gasteiger partial charge in [0.15, 0.2) is 0 Å². The predicted molar refractivity (Wildman–Crippen MR) is 83.1 cm³/mol. The number of hydrogen-bond acceptors (Lipinski definition) is 3. The summed E-state index contributed by atoms with van der Waals surface area (Å²) in [7, 11) is -2.31. The van der Waals surface area contributed by atoms with Gasteiger partial charge in [0, 0.05) is 11.6 Å². The van der Waals surface area contributed by atoms with Gasteiger partial charge in [-0.25, -0.2) is 17.5 Å². The summed E-state index contributed by atoms with van der Waals surface area (Å²) in [6.07, 6.45) is 0. The molecule has 22 heavy (non-hydrogen) atoms. The van der Waals surface area contributed by atoms with E-state index in [0.29, 0.717) is 11.3 Å². The third-order valence-corrected chi connectivity index (χ3v) is 4.97. The highest BCUT2D eigenvalue weighted by Crippen LogP contribution is 2.26. The maximum atomic E-state index is 13.1. The fraction of sp³-hybridized carbons (Fsp3) is 0.200. The highest BCUT2D eigenvalue weighted by atomic mass is 35.5. The molecular formula is C15H15ClFNO3S. The number of nitrogens with one attached hydrogen (secondary N) is 1. The lowest BCUT2D eigenvalue weighted by Crippen LogP contribution is -2.27. The second-order valence-corrected chi connectivity index (χ2v) is 6.78. The van der Waals surface area contributed by atoms with Gasteiger partial charge < -0.3 is 4.74 Å². The minimum Gasteiger partial charge on any atom is -0.496 e. The van der Waals surface area contributed by atoms with Crippen LogP contribution >= 0.6 is 11.6 Å². The second kappa shape index (κ2) is 6.64. The molecule has 1 atom stereocenters. The summed E-state index contributed by atoms with van der Waals surface area (Å²) in [5.74, 6) is -0.0896. The minimum absolute atomic E-state index is 0.0966. The molecule has 7 heteroatoms. The van der Waals surface area contributed by atoms with Gasteiger partial charge in [0.2, 0.25) is 10.0 Å². The van der Waals surface area contributed by atoms with Gasteiger partial charge in [0.05, 0.1) is 17.0 Å². The largest absolute Gasteiger partial charge is 0.496 e. The van der Waals surface area contributed by atoms with Crippen molar-refractivity contribution in [3.05, 3.63) is 58.9 Å². The zero-order valence-electron chi connectivity index (χ0n) is 12.0. The molecule has 118 valence electrons. The third-order valence-electron chi connectivity index (χ3n) is 3.14. The minimum atomic E-state index is -3.83. The molecule has 0 saturated carbocycles. The average Bonchev–Trinajstić information content (AvgIpc) is 2.49. The van der Waals surface area contributed by atoms with Crippen molar-refractivity contribution in [1.29, 1.82) is 0 Å². The van der Waals surface area contributed by atoms with Gasteiger partial charge in [-0.05, 0) is 31.2 Å². The van der Waals surface area contributed by atoms with Crippen LogP contribution in [0, 0.1) is 5.82 Å². The lowest BCUT2D eigenvalue weighted by Gasteiger charge is -2.17. The van der Waals surface area contributed by atoms with Gasteiger partial charge in [0.25, 0.3) is 0 Å². The molecular weight excluding hydrogens is 329 g/mol. The van der Waals surface area contributed by atoms with Gasteiger partial charge >= 0.3 is 0 Å². The lowest BCUT2D eigenvalue weighted by molar-refractivity contribution is 0.405. The molecule has 0 unspecified atom stereocenters. The Morgan fingerprint density at radius 3 is 2.55 bits per heavy atom. The molecule has 4 nitrogen and oxygen atoms in total. The van der Waals surface area contributed by atoms with Crippen LogP contribution < -0.4 is 9.46 Å². The van der Waals surface area contributed by atoms with Crippen molar-refractivity contribution < 1.29 is 17.5 Å². The van der Waals surface area contributed by atoms with Crippen molar-refractivity contribution in [3.8, 4) is 5.75 Å². The predicted octanol–water partition coefficient (Wildman–Crippen LogP) is 3.53. The number of sulfonamides is 1. The number of halogens is 2. The summed E-state index contributed by atoms with van der Waals surface area (Å²) in [5, 5.41) is -0.243. The summed E-state index contributed by atoms with van der Waals surface area (Å²) >= 11 is 5.63. The Morgan fingerprint density at radius 2 is 1.91 bits per heavy atom. The molecule has 0 saturated heterocycles. The number of benzene rings is 2. The molecule has 0 bridgehead atoms. The van der Waals surface area contributed by atoms with E-state index in [9.17, 15) is 12.8 Å². The Balaban J connectivity index is 2.29. The zero-order valence-corrected chi connectivity index (χ0v) is 13.6. The van der Waals surface area contributed by atoms with Crippen molar-refractivity contribution in [2.24, 2.45) is 0 Å². The Morgan fingerprint density at radius 1 is 1.23 bits per heavy atom. The first kappa shape index (κ1) is 16.7. The SMILES string of the molecule is COc1ccccc1[C@@H](C)NS(=O)(=O)c1ccc(F)c(Cl)c1. The molecule has 0 amide bonds. The first-order valence-electron chi connectivity index (χ1n) is 6.45. The van der Waals surface area contributed by atoms with Crippen LogP contribution in [0.25, 0.3) is 0 Å². The Bertz CT molecular complexity index is 780. The molecule has 0 heterocycles. The molecule has 0 aliphatic heterocycles.